The average Bonchev–Trinajstić information content (AvgIpc) is 2.36. The quantitative estimate of drug-likeness (QED) is 0.912. The van der Waals surface area contributed by atoms with E-state index >= 15 is 0 Å². The SMILES string of the molecule is Cc1cc(CNC(C)(C)C)nc(-c2cnccn2)n1. The maximum atomic E-state index is 4.53. The first-order valence-corrected chi connectivity index (χ1v) is 6.30. The number of hydrogen-bond acceptors (Lipinski definition) is 5. The molecule has 0 aliphatic heterocycles. The van der Waals surface area contributed by atoms with Gasteiger partial charge in [-0.2, -0.15) is 0 Å². The Hall–Kier alpha value is -1.88. The summed E-state index contributed by atoms with van der Waals surface area (Å²) in [5, 5.41) is 3.42. The smallest absolute Gasteiger partial charge is 0.180 e. The third kappa shape index (κ3) is 4.06. The Balaban J connectivity index is 2.25. The summed E-state index contributed by atoms with van der Waals surface area (Å²) < 4.78 is 0. The van der Waals surface area contributed by atoms with Crippen molar-refractivity contribution >= 4 is 0 Å². The van der Waals surface area contributed by atoms with Gasteiger partial charge in [-0.1, -0.05) is 0 Å². The van der Waals surface area contributed by atoms with Crippen molar-refractivity contribution in [3.63, 3.8) is 0 Å². The molecule has 2 aromatic rings. The number of nitrogens with one attached hydrogen (secondary N) is 1. The molecule has 0 aliphatic rings. The Kier molecular flexibility index (Phi) is 3.85. The molecule has 0 aliphatic carbocycles. The molecule has 0 saturated carbocycles. The van der Waals surface area contributed by atoms with E-state index in [1.165, 1.54) is 0 Å². The molecule has 5 nitrogen and oxygen atoms in total. The monoisotopic (exact) mass is 257 g/mol. The molecule has 0 spiro atoms. The summed E-state index contributed by atoms with van der Waals surface area (Å²) in [5.74, 6) is 0.624. The van der Waals surface area contributed by atoms with Crippen LogP contribution in [-0.4, -0.2) is 25.5 Å². The van der Waals surface area contributed by atoms with Gasteiger partial charge in [0.05, 0.1) is 11.9 Å². The van der Waals surface area contributed by atoms with Crippen molar-refractivity contribution in [3.05, 3.63) is 36.0 Å². The fourth-order valence-corrected chi connectivity index (χ4v) is 1.61. The Morgan fingerprint density at radius 3 is 2.58 bits per heavy atom. The highest BCUT2D eigenvalue weighted by molar-refractivity contribution is 5.47. The highest BCUT2D eigenvalue weighted by atomic mass is 15.0. The molecule has 2 rings (SSSR count). The number of aryl methyl sites for hydroxylation is 1. The molecule has 0 aromatic carbocycles. The van der Waals surface area contributed by atoms with E-state index < -0.39 is 0 Å². The molecule has 100 valence electrons. The molecule has 2 heterocycles. The minimum absolute atomic E-state index is 0.0611. The van der Waals surface area contributed by atoms with Crippen molar-refractivity contribution in [2.45, 2.75) is 39.8 Å². The summed E-state index contributed by atoms with van der Waals surface area (Å²) in [5.41, 5.74) is 2.65. The molecule has 0 amide bonds. The molecule has 1 N–H and O–H groups in total. The zero-order valence-corrected chi connectivity index (χ0v) is 11.8. The van der Waals surface area contributed by atoms with Gasteiger partial charge >= 0.3 is 0 Å². The van der Waals surface area contributed by atoms with Gasteiger partial charge in [0, 0.05) is 30.2 Å². The standard InChI is InChI=1S/C14H19N5/c1-10-7-11(8-17-14(2,3)4)19-13(18-10)12-9-15-5-6-16-12/h5-7,9,17H,8H2,1-4H3. The van der Waals surface area contributed by atoms with Gasteiger partial charge in [-0.3, -0.25) is 4.98 Å². The normalized spacial score (nSPS) is 11.6. The highest BCUT2D eigenvalue weighted by Crippen LogP contribution is 2.12. The summed E-state index contributed by atoms with van der Waals surface area (Å²) >= 11 is 0. The second-order valence-electron chi connectivity index (χ2n) is 5.52. The van der Waals surface area contributed by atoms with Gasteiger partial charge < -0.3 is 5.32 Å². The molecule has 0 saturated heterocycles. The topological polar surface area (TPSA) is 63.6 Å². The maximum absolute atomic E-state index is 4.53. The van der Waals surface area contributed by atoms with Crippen LogP contribution >= 0.6 is 0 Å². The highest BCUT2D eigenvalue weighted by Gasteiger charge is 2.11. The number of aromatic nitrogens is 4. The predicted molar refractivity (Wildman–Crippen MR) is 74.4 cm³/mol. The van der Waals surface area contributed by atoms with Crippen LogP contribution in [0.5, 0.6) is 0 Å². The Morgan fingerprint density at radius 1 is 1.16 bits per heavy atom. The zero-order valence-electron chi connectivity index (χ0n) is 11.8. The van der Waals surface area contributed by atoms with Gasteiger partial charge in [0.25, 0.3) is 0 Å². The minimum Gasteiger partial charge on any atom is -0.306 e. The molecule has 0 fully saturated rings. The third-order valence-corrected chi connectivity index (χ3v) is 2.50. The van der Waals surface area contributed by atoms with Crippen molar-refractivity contribution in [2.75, 3.05) is 0 Å². The fraction of sp³-hybridized carbons (Fsp3) is 0.429. The van der Waals surface area contributed by atoms with Crippen molar-refractivity contribution in [1.29, 1.82) is 0 Å². The van der Waals surface area contributed by atoms with Gasteiger partial charge in [-0.15, -0.1) is 0 Å². The first-order valence-electron chi connectivity index (χ1n) is 6.30. The molecule has 19 heavy (non-hydrogen) atoms. The Labute approximate surface area is 113 Å². The van der Waals surface area contributed by atoms with Crippen LogP contribution in [0.4, 0.5) is 0 Å². The van der Waals surface area contributed by atoms with Gasteiger partial charge in [-0.05, 0) is 33.8 Å². The van der Waals surface area contributed by atoms with E-state index in [4.69, 9.17) is 0 Å². The number of nitrogens with zero attached hydrogens (tertiary/aromatic N) is 4. The lowest BCUT2D eigenvalue weighted by molar-refractivity contribution is 0.421. The lowest BCUT2D eigenvalue weighted by Crippen LogP contribution is -2.35. The fourth-order valence-electron chi connectivity index (χ4n) is 1.61. The van der Waals surface area contributed by atoms with Crippen molar-refractivity contribution in [1.82, 2.24) is 25.3 Å². The summed E-state index contributed by atoms with van der Waals surface area (Å²) in [6.45, 7) is 9.06. The van der Waals surface area contributed by atoms with E-state index in [1.54, 1.807) is 18.6 Å². The van der Waals surface area contributed by atoms with Crippen LogP contribution in [0.15, 0.2) is 24.7 Å². The summed E-state index contributed by atoms with van der Waals surface area (Å²) in [7, 11) is 0. The van der Waals surface area contributed by atoms with E-state index in [-0.39, 0.29) is 5.54 Å². The average molecular weight is 257 g/mol. The second-order valence-corrected chi connectivity index (χ2v) is 5.52. The van der Waals surface area contributed by atoms with Crippen LogP contribution in [0.2, 0.25) is 0 Å². The van der Waals surface area contributed by atoms with Crippen molar-refractivity contribution in [2.24, 2.45) is 0 Å². The van der Waals surface area contributed by atoms with Gasteiger partial charge in [-0.25, -0.2) is 15.0 Å². The number of hydrogen-bond donors (Lipinski definition) is 1. The van der Waals surface area contributed by atoms with Gasteiger partial charge in [0.15, 0.2) is 5.82 Å². The van der Waals surface area contributed by atoms with Crippen LogP contribution in [0.25, 0.3) is 11.5 Å². The lowest BCUT2D eigenvalue weighted by atomic mass is 10.1. The molecule has 0 atom stereocenters. The lowest BCUT2D eigenvalue weighted by Gasteiger charge is -2.20. The molecule has 0 radical (unpaired) electrons. The largest absolute Gasteiger partial charge is 0.306 e. The molecular weight excluding hydrogens is 238 g/mol. The summed E-state index contributed by atoms with van der Waals surface area (Å²) in [6, 6.07) is 1.98. The zero-order chi connectivity index (χ0) is 13.9. The molecule has 0 bridgehead atoms. The summed E-state index contributed by atoms with van der Waals surface area (Å²) in [4.78, 5) is 17.2. The Bertz CT molecular complexity index is 546. The third-order valence-electron chi connectivity index (χ3n) is 2.50. The van der Waals surface area contributed by atoms with Crippen LogP contribution < -0.4 is 5.32 Å². The molecule has 5 heteroatoms. The Morgan fingerprint density at radius 2 is 1.95 bits per heavy atom. The van der Waals surface area contributed by atoms with Crippen LogP contribution in [0, 0.1) is 6.92 Å². The molecule has 2 aromatic heterocycles. The van der Waals surface area contributed by atoms with E-state index in [2.05, 4.69) is 46.0 Å². The van der Waals surface area contributed by atoms with Crippen molar-refractivity contribution < 1.29 is 0 Å². The first-order chi connectivity index (χ1) is 8.94. The van der Waals surface area contributed by atoms with E-state index in [1.807, 2.05) is 13.0 Å². The van der Waals surface area contributed by atoms with Crippen LogP contribution in [0.3, 0.4) is 0 Å². The summed E-state index contributed by atoms with van der Waals surface area (Å²) in [6.07, 6.45) is 4.96. The van der Waals surface area contributed by atoms with E-state index in [0.717, 1.165) is 11.4 Å². The molecular formula is C14H19N5. The predicted octanol–water partition coefficient (Wildman–Crippen LogP) is 2.13. The van der Waals surface area contributed by atoms with Crippen LogP contribution in [0.1, 0.15) is 32.2 Å². The molecule has 0 unspecified atom stereocenters. The van der Waals surface area contributed by atoms with Gasteiger partial charge in [0.1, 0.15) is 5.69 Å². The van der Waals surface area contributed by atoms with E-state index in [9.17, 15) is 0 Å². The number of rotatable bonds is 3. The van der Waals surface area contributed by atoms with Gasteiger partial charge in [0.2, 0.25) is 0 Å². The van der Waals surface area contributed by atoms with E-state index in [0.29, 0.717) is 18.1 Å². The minimum atomic E-state index is 0.0611. The first kappa shape index (κ1) is 13.5. The second kappa shape index (κ2) is 5.40. The van der Waals surface area contributed by atoms with Crippen molar-refractivity contribution in [3.8, 4) is 11.5 Å². The van der Waals surface area contributed by atoms with Crippen LogP contribution in [-0.2, 0) is 6.54 Å². The maximum Gasteiger partial charge on any atom is 0.180 e.